The fourth-order valence-corrected chi connectivity index (χ4v) is 5.42. The molecular formula is C21H25NO6S. The van der Waals surface area contributed by atoms with Crippen LogP contribution in [-0.2, 0) is 19.4 Å². The fraction of sp³-hybridized carbons (Fsp3) is 0.429. The largest absolute Gasteiger partial charge is 0.496 e. The molecule has 0 N–H and O–H groups in total. The van der Waals surface area contributed by atoms with Gasteiger partial charge in [-0.2, -0.15) is 0 Å². The van der Waals surface area contributed by atoms with Gasteiger partial charge in [-0.3, -0.25) is 4.79 Å². The van der Waals surface area contributed by atoms with Crippen LogP contribution < -0.4 is 4.74 Å². The number of carbonyl (C=O) groups excluding carboxylic acids is 2. The molecule has 0 spiro atoms. The third-order valence-electron chi connectivity index (χ3n) is 5.08. The van der Waals surface area contributed by atoms with Crippen molar-refractivity contribution >= 4 is 32.5 Å². The average Bonchev–Trinajstić information content (AvgIpc) is 3.08. The van der Waals surface area contributed by atoms with E-state index >= 15 is 0 Å². The van der Waals surface area contributed by atoms with Crippen LogP contribution in [0.5, 0.6) is 5.75 Å². The molecule has 0 aromatic heterocycles. The van der Waals surface area contributed by atoms with Crippen LogP contribution in [0.25, 0.3) is 10.8 Å². The van der Waals surface area contributed by atoms with Gasteiger partial charge in [0, 0.05) is 18.0 Å². The molecule has 1 amide bonds. The molecule has 1 aliphatic heterocycles. The minimum absolute atomic E-state index is 0.0319. The van der Waals surface area contributed by atoms with Crippen molar-refractivity contribution in [2.75, 3.05) is 31.8 Å². The summed E-state index contributed by atoms with van der Waals surface area (Å²) in [5, 5.41) is 1.45. The Morgan fingerprint density at radius 3 is 2.48 bits per heavy atom. The Kier molecular flexibility index (Phi) is 6.42. The van der Waals surface area contributed by atoms with Crippen molar-refractivity contribution in [1.82, 2.24) is 4.90 Å². The quantitative estimate of drug-likeness (QED) is 0.641. The summed E-state index contributed by atoms with van der Waals surface area (Å²) in [7, 11) is -1.55. The van der Waals surface area contributed by atoms with Crippen LogP contribution in [0.4, 0.5) is 0 Å². The summed E-state index contributed by atoms with van der Waals surface area (Å²) in [4.78, 5) is 26.8. The van der Waals surface area contributed by atoms with E-state index in [1.807, 2.05) is 25.1 Å². The molecule has 1 saturated heterocycles. The lowest BCUT2D eigenvalue weighted by molar-refractivity contribution is -0.136. The maximum atomic E-state index is 12.7. The molecule has 7 nitrogen and oxygen atoms in total. The molecule has 1 aliphatic rings. The molecule has 8 heteroatoms. The van der Waals surface area contributed by atoms with E-state index in [0.29, 0.717) is 36.1 Å². The second-order valence-electron chi connectivity index (χ2n) is 7.08. The van der Waals surface area contributed by atoms with E-state index in [-0.39, 0.29) is 23.5 Å². The van der Waals surface area contributed by atoms with Gasteiger partial charge in [-0.1, -0.05) is 31.2 Å². The van der Waals surface area contributed by atoms with E-state index in [1.165, 1.54) is 4.90 Å². The molecule has 0 saturated carbocycles. The van der Waals surface area contributed by atoms with Gasteiger partial charge in [0.1, 0.15) is 5.75 Å². The topological polar surface area (TPSA) is 90.0 Å². The molecule has 0 unspecified atom stereocenters. The van der Waals surface area contributed by atoms with Gasteiger partial charge in [0.15, 0.2) is 16.4 Å². The van der Waals surface area contributed by atoms with E-state index in [9.17, 15) is 18.0 Å². The molecule has 3 rings (SSSR count). The minimum atomic E-state index is -3.11. The highest BCUT2D eigenvalue weighted by molar-refractivity contribution is 7.91. The van der Waals surface area contributed by atoms with E-state index < -0.39 is 22.4 Å². The highest BCUT2D eigenvalue weighted by Crippen LogP contribution is 2.28. The van der Waals surface area contributed by atoms with Crippen molar-refractivity contribution in [3.8, 4) is 5.75 Å². The summed E-state index contributed by atoms with van der Waals surface area (Å²) in [5.41, 5.74) is 0.347. The number of hydrogen-bond acceptors (Lipinski definition) is 6. The highest BCUT2D eigenvalue weighted by Gasteiger charge is 2.34. The third-order valence-corrected chi connectivity index (χ3v) is 6.84. The molecule has 0 aliphatic carbocycles. The Bertz CT molecular complexity index is 1020. The monoisotopic (exact) mass is 419 g/mol. The molecule has 1 atom stereocenters. The van der Waals surface area contributed by atoms with Crippen LogP contribution in [0.15, 0.2) is 36.4 Å². The molecule has 29 heavy (non-hydrogen) atoms. The maximum Gasteiger partial charge on any atom is 0.339 e. The van der Waals surface area contributed by atoms with Crippen molar-refractivity contribution in [2.24, 2.45) is 0 Å². The van der Waals surface area contributed by atoms with Crippen molar-refractivity contribution in [1.29, 1.82) is 0 Å². The van der Waals surface area contributed by atoms with Crippen LogP contribution in [-0.4, -0.2) is 63.0 Å². The number of hydrogen-bond donors (Lipinski definition) is 0. The van der Waals surface area contributed by atoms with Crippen LogP contribution >= 0.6 is 0 Å². The number of rotatable bonds is 7. The average molecular weight is 419 g/mol. The number of benzene rings is 2. The third kappa shape index (κ3) is 4.70. The number of sulfone groups is 1. The number of ether oxygens (including phenoxy) is 2. The first-order chi connectivity index (χ1) is 13.9. The Labute approximate surface area is 170 Å². The summed E-state index contributed by atoms with van der Waals surface area (Å²) >= 11 is 0. The smallest absolute Gasteiger partial charge is 0.339 e. The Hall–Kier alpha value is -2.61. The van der Waals surface area contributed by atoms with E-state index in [1.54, 1.807) is 25.3 Å². The first-order valence-electron chi connectivity index (χ1n) is 9.59. The number of amides is 1. The van der Waals surface area contributed by atoms with Crippen LogP contribution in [0.3, 0.4) is 0 Å². The predicted molar refractivity (Wildman–Crippen MR) is 110 cm³/mol. The zero-order valence-corrected chi connectivity index (χ0v) is 17.4. The first-order valence-corrected chi connectivity index (χ1v) is 11.4. The molecule has 0 bridgehead atoms. The molecule has 1 heterocycles. The summed E-state index contributed by atoms with van der Waals surface area (Å²) in [6.07, 6.45) is 1.12. The summed E-state index contributed by atoms with van der Waals surface area (Å²) in [5.74, 6) is -0.281. The lowest BCUT2D eigenvalue weighted by Crippen LogP contribution is -2.43. The molecule has 2 aromatic rings. The Morgan fingerprint density at radius 1 is 1.14 bits per heavy atom. The highest BCUT2D eigenvalue weighted by atomic mass is 32.2. The van der Waals surface area contributed by atoms with Gasteiger partial charge in [-0.15, -0.1) is 0 Å². The lowest BCUT2D eigenvalue weighted by Gasteiger charge is -2.27. The van der Waals surface area contributed by atoms with Crippen LogP contribution in [0, 0.1) is 0 Å². The molecule has 1 fully saturated rings. The van der Waals surface area contributed by atoms with Gasteiger partial charge >= 0.3 is 5.97 Å². The fourth-order valence-electron chi connectivity index (χ4n) is 3.69. The van der Waals surface area contributed by atoms with Crippen molar-refractivity contribution in [2.45, 2.75) is 25.8 Å². The Morgan fingerprint density at radius 2 is 1.86 bits per heavy atom. The number of esters is 1. The summed E-state index contributed by atoms with van der Waals surface area (Å²) in [6.45, 7) is 1.93. The second kappa shape index (κ2) is 8.82. The van der Waals surface area contributed by atoms with Crippen LogP contribution in [0.1, 0.15) is 30.1 Å². The van der Waals surface area contributed by atoms with Gasteiger partial charge in [-0.05, 0) is 30.4 Å². The zero-order chi connectivity index (χ0) is 21.0. The van der Waals surface area contributed by atoms with E-state index in [0.717, 1.165) is 5.39 Å². The number of fused-ring (bicyclic) bond motifs is 1. The van der Waals surface area contributed by atoms with Gasteiger partial charge < -0.3 is 14.4 Å². The molecule has 156 valence electrons. The van der Waals surface area contributed by atoms with Crippen LogP contribution in [0.2, 0.25) is 0 Å². The van der Waals surface area contributed by atoms with Crippen molar-refractivity contribution in [3.05, 3.63) is 42.0 Å². The molecular weight excluding hydrogens is 394 g/mol. The van der Waals surface area contributed by atoms with E-state index in [2.05, 4.69) is 0 Å². The van der Waals surface area contributed by atoms with Gasteiger partial charge in [0.25, 0.3) is 5.91 Å². The van der Waals surface area contributed by atoms with Gasteiger partial charge in [0.2, 0.25) is 0 Å². The second-order valence-corrected chi connectivity index (χ2v) is 9.31. The first kappa shape index (κ1) is 21.1. The number of carbonyl (C=O) groups is 2. The number of methoxy groups -OCH3 is 1. The lowest BCUT2D eigenvalue weighted by atomic mass is 10.0. The van der Waals surface area contributed by atoms with Crippen molar-refractivity contribution in [3.63, 3.8) is 0 Å². The molecule has 0 radical (unpaired) electrons. The Balaban J connectivity index is 1.73. The normalized spacial score (nSPS) is 17.8. The summed E-state index contributed by atoms with van der Waals surface area (Å²) < 4.78 is 34.2. The molecule has 2 aromatic carbocycles. The number of nitrogens with zero attached hydrogens (tertiary/aromatic N) is 1. The standard InChI is InChI=1S/C21H25NO6S/c1-3-11-22(15-10-12-29(25,26)14-15)20(23)13-28-21(24)18-8-9-19(27-2)17-7-5-4-6-16(17)18/h4-9,15H,3,10-14H2,1-2H3/t15-/m0/s1. The van der Waals surface area contributed by atoms with E-state index in [4.69, 9.17) is 9.47 Å². The zero-order valence-electron chi connectivity index (χ0n) is 16.6. The SMILES string of the molecule is CCCN(C(=O)COC(=O)c1ccc(OC)c2ccccc12)[C@H]1CCS(=O)(=O)C1. The summed E-state index contributed by atoms with van der Waals surface area (Å²) in [6, 6.07) is 10.2. The van der Waals surface area contributed by atoms with Gasteiger partial charge in [0.05, 0.1) is 24.2 Å². The minimum Gasteiger partial charge on any atom is -0.496 e. The maximum absolute atomic E-state index is 12.7. The van der Waals surface area contributed by atoms with Crippen molar-refractivity contribution < 1.29 is 27.5 Å². The van der Waals surface area contributed by atoms with Gasteiger partial charge in [-0.25, -0.2) is 13.2 Å². The predicted octanol–water partition coefficient (Wildman–Crippen LogP) is 2.43.